The van der Waals surface area contributed by atoms with Gasteiger partial charge >= 0.3 is 5.97 Å². The van der Waals surface area contributed by atoms with Crippen LogP contribution in [-0.4, -0.2) is 17.1 Å². The highest BCUT2D eigenvalue weighted by molar-refractivity contribution is 5.73. The van der Waals surface area contributed by atoms with Gasteiger partial charge in [0.1, 0.15) is 6.04 Å². The molecule has 3 nitrogen and oxygen atoms in total. The molecular formula is C13H27NO2. The van der Waals surface area contributed by atoms with Gasteiger partial charge in [0.2, 0.25) is 0 Å². The molecule has 16 heavy (non-hydrogen) atoms. The molecule has 3 N–H and O–H groups in total. The average molecular weight is 229 g/mol. The Morgan fingerprint density at radius 3 is 2.12 bits per heavy atom. The van der Waals surface area contributed by atoms with Crippen LogP contribution < -0.4 is 5.73 Å². The molecule has 3 heteroatoms. The van der Waals surface area contributed by atoms with Gasteiger partial charge in [-0.05, 0) is 37.0 Å². The molecule has 0 radical (unpaired) electrons. The smallest absolute Gasteiger partial charge is 0.320 e. The second-order valence-electron chi connectivity index (χ2n) is 5.43. The first-order valence-corrected chi connectivity index (χ1v) is 6.35. The minimum absolute atomic E-state index is 0.444. The predicted molar refractivity (Wildman–Crippen MR) is 67.2 cm³/mol. The highest BCUT2D eigenvalue weighted by Gasteiger charge is 2.19. The Hall–Kier alpha value is -0.570. The number of carboxylic acids is 1. The third-order valence-corrected chi connectivity index (χ3v) is 3.09. The van der Waals surface area contributed by atoms with Crippen molar-refractivity contribution in [1.29, 1.82) is 0 Å². The Kier molecular flexibility index (Phi) is 7.39. The zero-order valence-corrected chi connectivity index (χ0v) is 11.1. The van der Waals surface area contributed by atoms with Gasteiger partial charge in [-0.25, -0.2) is 0 Å². The van der Waals surface area contributed by atoms with Crippen LogP contribution in [-0.2, 0) is 4.79 Å². The van der Waals surface area contributed by atoms with E-state index >= 15 is 0 Å². The topological polar surface area (TPSA) is 63.3 Å². The van der Waals surface area contributed by atoms with Crippen LogP contribution in [0.15, 0.2) is 0 Å². The molecule has 0 bridgehead atoms. The summed E-state index contributed by atoms with van der Waals surface area (Å²) in [6, 6.07) is -0.698. The summed E-state index contributed by atoms with van der Waals surface area (Å²) in [5.41, 5.74) is 5.57. The summed E-state index contributed by atoms with van der Waals surface area (Å²) >= 11 is 0. The summed E-state index contributed by atoms with van der Waals surface area (Å²) in [6.07, 6.45) is 3.92. The van der Waals surface area contributed by atoms with E-state index in [4.69, 9.17) is 10.8 Å². The fraction of sp³-hybridized carbons (Fsp3) is 0.923. The molecule has 0 aliphatic rings. The van der Waals surface area contributed by atoms with Crippen LogP contribution >= 0.6 is 0 Å². The molecule has 0 heterocycles. The maximum Gasteiger partial charge on any atom is 0.320 e. The number of nitrogens with two attached hydrogens (primary N) is 1. The van der Waals surface area contributed by atoms with Gasteiger partial charge < -0.3 is 10.8 Å². The minimum atomic E-state index is -0.880. The summed E-state index contributed by atoms with van der Waals surface area (Å²) in [5, 5.41) is 8.78. The van der Waals surface area contributed by atoms with E-state index in [1.165, 1.54) is 6.42 Å². The molecule has 0 aromatic heterocycles. The molecule has 0 aliphatic carbocycles. The fourth-order valence-electron chi connectivity index (χ4n) is 2.36. The maximum absolute atomic E-state index is 10.7. The molecule has 3 atom stereocenters. The Balaban J connectivity index is 4.04. The largest absolute Gasteiger partial charge is 0.480 e. The van der Waals surface area contributed by atoms with E-state index in [-0.39, 0.29) is 0 Å². The summed E-state index contributed by atoms with van der Waals surface area (Å²) in [5.74, 6) is 0.932. The molecule has 0 spiro atoms. The van der Waals surface area contributed by atoms with Crippen LogP contribution in [0, 0.1) is 17.8 Å². The molecule has 0 saturated heterocycles. The molecule has 0 rings (SSSR count). The summed E-state index contributed by atoms with van der Waals surface area (Å²) in [7, 11) is 0. The van der Waals surface area contributed by atoms with Crippen molar-refractivity contribution >= 4 is 5.97 Å². The van der Waals surface area contributed by atoms with Crippen molar-refractivity contribution in [3.63, 3.8) is 0 Å². The van der Waals surface area contributed by atoms with E-state index in [2.05, 4.69) is 27.7 Å². The van der Waals surface area contributed by atoms with E-state index in [0.717, 1.165) is 12.8 Å². The standard InChI is InChI=1S/C13H27NO2/c1-5-11(8-12(14)13(15)16)7-10(4)6-9(2)3/h9-12H,5-8,14H2,1-4H3,(H,15,16). The molecule has 3 unspecified atom stereocenters. The lowest BCUT2D eigenvalue weighted by Gasteiger charge is -2.22. The first kappa shape index (κ1) is 15.4. The summed E-state index contributed by atoms with van der Waals surface area (Å²) in [4.78, 5) is 10.7. The van der Waals surface area contributed by atoms with E-state index in [9.17, 15) is 4.79 Å². The van der Waals surface area contributed by atoms with E-state index < -0.39 is 12.0 Å². The quantitative estimate of drug-likeness (QED) is 0.672. The average Bonchev–Trinajstić information content (AvgIpc) is 2.14. The number of hydrogen-bond donors (Lipinski definition) is 2. The van der Waals surface area contributed by atoms with Crippen molar-refractivity contribution in [1.82, 2.24) is 0 Å². The van der Waals surface area contributed by atoms with Crippen molar-refractivity contribution in [3.05, 3.63) is 0 Å². The highest BCUT2D eigenvalue weighted by atomic mass is 16.4. The highest BCUT2D eigenvalue weighted by Crippen LogP contribution is 2.24. The lowest BCUT2D eigenvalue weighted by Crippen LogP contribution is -2.32. The van der Waals surface area contributed by atoms with Crippen LogP contribution in [0.2, 0.25) is 0 Å². The van der Waals surface area contributed by atoms with Crippen LogP contribution in [0.3, 0.4) is 0 Å². The van der Waals surface area contributed by atoms with Crippen LogP contribution in [0.1, 0.15) is 53.4 Å². The molecule has 96 valence electrons. The Morgan fingerprint density at radius 2 is 1.75 bits per heavy atom. The number of rotatable bonds is 8. The van der Waals surface area contributed by atoms with Gasteiger partial charge in [0.05, 0.1) is 0 Å². The number of hydrogen-bond acceptors (Lipinski definition) is 2. The van der Waals surface area contributed by atoms with Crippen molar-refractivity contribution in [2.75, 3.05) is 0 Å². The second-order valence-corrected chi connectivity index (χ2v) is 5.43. The van der Waals surface area contributed by atoms with Crippen LogP contribution in [0.5, 0.6) is 0 Å². The summed E-state index contributed by atoms with van der Waals surface area (Å²) < 4.78 is 0. The van der Waals surface area contributed by atoms with Gasteiger partial charge in [0.25, 0.3) is 0 Å². The van der Waals surface area contributed by atoms with Crippen molar-refractivity contribution in [2.45, 2.75) is 59.4 Å². The van der Waals surface area contributed by atoms with E-state index in [1.807, 2.05) is 0 Å². The zero-order valence-electron chi connectivity index (χ0n) is 11.1. The molecule has 0 saturated carbocycles. The normalized spacial score (nSPS) is 17.1. The van der Waals surface area contributed by atoms with Gasteiger partial charge in [0, 0.05) is 0 Å². The lowest BCUT2D eigenvalue weighted by atomic mass is 9.85. The zero-order chi connectivity index (χ0) is 12.7. The molecule has 0 amide bonds. The molecule has 0 aromatic carbocycles. The molecule has 0 aliphatic heterocycles. The van der Waals surface area contributed by atoms with Crippen LogP contribution in [0.4, 0.5) is 0 Å². The number of aliphatic carboxylic acids is 1. The Bertz CT molecular complexity index is 204. The summed E-state index contributed by atoms with van der Waals surface area (Å²) in [6.45, 7) is 8.80. The monoisotopic (exact) mass is 229 g/mol. The van der Waals surface area contributed by atoms with Crippen molar-refractivity contribution < 1.29 is 9.90 Å². The van der Waals surface area contributed by atoms with Crippen molar-refractivity contribution in [2.24, 2.45) is 23.5 Å². The molecular weight excluding hydrogens is 202 g/mol. The third kappa shape index (κ3) is 6.83. The second kappa shape index (κ2) is 7.66. The van der Waals surface area contributed by atoms with Crippen LogP contribution in [0.25, 0.3) is 0 Å². The third-order valence-electron chi connectivity index (χ3n) is 3.09. The predicted octanol–water partition coefficient (Wildman–Crippen LogP) is 2.89. The Labute approximate surface area is 99.4 Å². The minimum Gasteiger partial charge on any atom is -0.480 e. The van der Waals surface area contributed by atoms with E-state index in [0.29, 0.717) is 24.2 Å². The van der Waals surface area contributed by atoms with Gasteiger partial charge in [-0.3, -0.25) is 4.79 Å². The van der Waals surface area contributed by atoms with Gasteiger partial charge in [-0.15, -0.1) is 0 Å². The SMILES string of the molecule is CCC(CC(C)CC(C)C)CC(N)C(=O)O. The number of carboxylic acid groups (broad SMARTS) is 1. The van der Waals surface area contributed by atoms with Gasteiger partial charge in [-0.2, -0.15) is 0 Å². The van der Waals surface area contributed by atoms with Gasteiger partial charge in [0.15, 0.2) is 0 Å². The Morgan fingerprint density at radius 1 is 1.19 bits per heavy atom. The van der Waals surface area contributed by atoms with E-state index in [1.54, 1.807) is 0 Å². The lowest BCUT2D eigenvalue weighted by molar-refractivity contribution is -0.139. The van der Waals surface area contributed by atoms with Gasteiger partial charge in [-0.1, -0.05) is 34.1 Å². The fourth-order valence-corrected chi connectivity index (χ4v) is 2.36. The van der Waals surface area contributed by atoms with Crippen molar-refractivity contribution in [3.8, 4) is 0 Å². The molecule has 0 aromatic rings. The molecule has 0 fully saturated rings. The first-order valence-electron chi connectivity index (χ1n) is 6.35. The number of carbonyl (C=O) groups is 1. The maximum atomic E-state index is 10.7. The first-order chi connectivity index (χ1) is 7.36.